The van der Waals surface area contributed by atoms with E-state index in [1.807, 2.05) is 4.90 Å². The second-order valence-electron chi connectivity index (χ2n) is 4.37. The zero-order valence-electron chi connectivity index (χ0n) is 9.39. The van der Waals surface area contributed by atoms with Crippen molar-refractivity contribution in [3.63, 3.8) is 0 Å². The van der Waals surface area contributed by atoms with E-state index < -0.39 is 6.04 Å². The molecule has 5 nitrogen and oxygen atoms in total. The lowest BCUT2D eigenvalue weighted by Gasteiger charge is -2.35. The number of piperazine rings is 1. The number of carbonyl (C=O) groups is 2. The molecule has 1 aliphatic carbocycles. The van der Waals surface area contributed by atoms with Crippen molar-refractivity contribution in [2.45, 2.75) is 31.8 Å². The van der Waals surface area contributed by atoms with E-state index in [-0.39, 0.29) is 30.8 Å². The van der Waals surface area contributed by atoms with E-state index in [2.05, 4.69) is 0 Å². The summed E-state index contributed by atoms with van der Waals surface area (Å²) in [6, 6.07) is -0.0599. The van der Waals surface area contributed by atoms with E-state index in [0.717, 1.165) is 12.8 Å². The molecular weight excluding hydrogens is 230 g/mol. The van der Waals surface area contributed by atoms with E-state index in [1.54, 1.807) is 11.8 Å². The topological polar surface area (TPSA) is 66.6 Å². The maximum Gasteiger partial charge on any atom is 0.242 e. The van der Waals surface area contributed by atoms with Crippen LogP contribution in [0.5, 0.6) is 0 Å². The van der Waals surface area contributed by atoms with Gasteiger partial charge in [0.2, 0.25) is 11.8 Å². The molecule has 2 amide bonds. The maximum absolute atomic E-state index is 11.7. The van der Waals surface area contributed by atoms with Crippen molar-refractivity contribution in [2.24, 2.45) is 5.73 Å². The molecule has 1 heterocycles. The molecule has 1 saturated heterocycles. The van der Waals surface area contributed by atoms with Gasteiger partial charge >= 0.3 is 0 Å². The van der Waals surface area contributed by atoms with Crippen LogP contribution in [-0.2, 0) is 9.59 Å². The van der Waals surface area contributed by atoms with Gasteiger partial charge in [-0.05, 0) is 19.8 Å². The second kappa shape index (κ2) is 5.01. The van der Waals surface area contributed by atoms with Crippen molar-refractivity contribution >= 4 is 24.2 Å². The van der Waals surface area contributed by atoms with Gasteiger partial charge in [-0.2, -0.15) is 0 Å². The van der Waals surface area contributed by atoms with Crippen LogP contribution in [0.1, 0.15) is 19.8 Å². The normalized spacial score (nSPS) is 22.8. The largest absolute Gasteiger partial charge is 0.336 e. The highest BCUT2D eigenvalue weighted by molar-refractivity contribution is 5.88. The van der Waals surface area contributed by atoms with E-state index in [1.165, 1.54) is 0 Å². The average molecular weight is 248 g/mol. The molecule has 0 bridgehead atoms. The van der Waals surface area contributed by atoms with Gasteiger partial charge in [-0.15, -0.1) is 12.4 Å². The highest BCUT2D eigenvalue weighted by Crippen LogP contribution is 2.27. The predicted octanol–water partition coefficient (Wildman–Crippen LogP) is -0.411. The molecule has 16 heavy (non-hydrogen) atoms. The number of carbonyl (C=O) groups excluding carboxylic acids is 2. The Bertz CT molecular complexity index is 292. The molecule has 1 aliphatic heterocycles. The fourth-order valence-corrected chi connectivity index (χ4v) is 1.93. The van der Waals surface area contributed by atoms with Crippen LogP contribution in [0.3, 0.4) is 0 Å². The van der Waals surface area contributed by atoms with E-state index in [4.69, 9.17) is 5.73 Å². The second-order valence-corrected chi connectivity index (χ2v) is 4.37. The molecule has 0 radical (unpaired) electrons. The summed E-state index contributed by atoms with van der Waals surface area (Å²) in [6.07, 6.45) is 2.24. The first-order valence-electron chi connectivity index (χ1n) is 5.43. The molecule has 0 aromatic carbocycles. The number of hydrogen-bond acceptors (Lipinski definition) is 3. The van der Waals surface area contributed by atoms with Crippen molar-refractivity contribution < 1.29 is 9.59 Å². The van der Waals surface area contributed by atoms with Gasteiger partial charge < -0.3 is 15.5 Å². The van der Waals surface area contributed by atoms with E-state index in [9.17, 15) is 9.59 Å². The summed E-state index contributed by atoms with van der Waals surface area (Å²) in [4.78, 5) is 26.7. The standard InChI is InChI=1S/C10H17N3O2.ClH/c1-7(11)10(15)12-4-5-13(8-2-3-8)9(14)6-12;/h7-8H,2-6,11H2,1H3;1H/t7-;/m1./s1. The Morgan fingerprint density at radius 2 is 2.06 bits per heavy atom. The van der Waals surface area contributed by atoms with Gasteiger partial charge in [0.15, 0.2) is 0 Å². The first-order chi connectivity index (χ1) is 7.09. The SMILES string of the molecule is C[C@@H](N)C(=O)N1CCN(C2CC2)C(=O)C1.Cl. The van der Waals surface area contributed by atoms with Crippen LogP contribution < -0.4 is 5.73 Å². The smallest absolute Gasteiger partial charge is 0.242 e. The van der Waals surface area contributed by atoms with Gasteiger partial charge in [-0.3, -0.25) is 9.59 Å². The lowest BCUT2D eigenvalue weighted by atomic mass is 10.2. The van der Waals surface area contributed by atoms with Crippen LogP contribution in [0.15, 0.2) is 0 Å². The fourth-order valence-electron chi connectivity index (χ4n) is 1.93. The number of halogens is 1. The first-order valence-corrected chi connectivity index (χ1v) is 5.43. The van der Waals surface area contributed by atoms with Crippen LogP contribution in [0.4, 0.5) is 0 Å². The van der Waals surface area contributed by atoms with Crippen LogP contribution in [0.2, 0.25) is 0 Å². The van der Waals surface area contributed by atoms with Gasteiger partial charge in [0.25, 0.3) is 0 Å². The summed E-state index contributed by atoms with van der Waals surface area (Å²) < 4.78 is 0. The van der Waals surface area contributed by atoms with E-state index >= 15 is 0 Å². The minimum absolute atomic E-state index is 0. The Morgan fingerprint density at radius 1 is 1.44 bits per heavy atom. The molecule has 92 valence electrons. The maximum atomic E-state index is 11.7. The highest BCUT2D eigenvalue weighted by Gasteiger charge is 2.37. The molecule has 0 unspecified atom stereocenters. The summed E-state index contributed by atoms with van der Waals surface area (Å²) in [6.45, 7) is 3.15. The number of rotatable bonds is 2. The third kappa shape index (κ3) is 2.65. The lowest BCUT2D eigenvalue weighted by molar-refractivity contribution is -0.146. The Balaban J connectivity index is 0.00000128. The Hall–Kier alpha value is -0.810. The molecular formula is C10H18ClN3O2. The van der Waals surface area contributed by atoms with E-state index in [0.29, 0.717) is 19.1 Å². The molecule has 0 aromatic heterocycles. The van der Waals surface area contributed by atoms with Gasteiger partial charge in [-0.1, -0.05) is 0 Å². The number of amides is 2. The highest BCUT2D eigenvalue weighted by atomic mass is 35.5. The fraction of sp³-hybridized carbons (Fsp3) is 0.800. The summed E-state index contributed by atoms with van der Waals surface area (Å²) in [5.74, 6) is -0.0588. The van der Waals surface area contributed by atoms with Crippen LogP contribution in [-0.4, -0.2) is 53.3 Å². The lowest BCUT2D eigenvalue weighted by Crippen LogP contribution is -2.55. The zero-order chi connectivity index (χ0) is 11.0. The third-order valence-electron chi connectivity index (χ3n) is 2.95. The predicted molar refractivity (Wildman–Crippen MR) is 62.2 cm³/mol. The summed E-state index contributed by atoms with van der Waals surface area (Å²) in [7, 11) is 0. The molecule has 6 heteroatoms. The van der Waals surface area contributed by atoms with Gasteiger partial charge in [-0.25, -0.2) is 0 Å². The van der Waals surface area contributed by atoms with Crippen molar-refractivity contribution in [2.75, 3.05) is 19.6 Å². The van der Waals surface area contributed by atoms with Crippen molar-refractivity contribution in [3.8, 4) is 0 Å². The quantitative estimate of drug-likeness (QED) is 0.721. The van der Waals surface area contributed by atoms with Crippen molar-refractivity contribution in [3.05, 3.63) is 0 Å². The Morgan fingerprint density at radius 3 is 2.50 bits per heavy atom. The van der Waals surface area contributed by atoms with Crippen molar-refractivity contribution in [1.82, 2.24) is 9.80 Å². The first kappa shape index (κ1) is 13.3. The summed E-state index contributed by atoms with van der Waals surface area (Å²) >= 11 is 0. The summed E-state index contributed by atoms with van der Waals surface area (Å²) in [5.41, 5.74) is 5.50. The molecule has 0 aromatic rings. The number of nitrogens with zero attached hydrogens (tertiary/aromatic N) is 2. The van der Waals surface area contributed by atoms with Crippen molar-refractivity contribution in [1.29, 1.82) is 0 Å². The molecule has 2 rings (SSSR count). The molecule has 1 atom stereocenters. The van der Waals surface area contributed by atoms with Gasteiger partial charge in [0.05, 0.1) is 12.6 Å². The number of hydrogen-bond donors (Lipinski definition) is 1. The molecule has 2 fully saturated rings. The minimum atomic E-state index is -0.509. The van der Waals surface area contributed by atoms with Crippen LogP contribution >= 0.6 is 12.4 Å². The Kier molecular flexibility index (Phi) is 4.15. The van der Waals surface area contributed by atoms with Crippen LogP contribution in [0, 0.1) is 0 Å². The van der Waals surface area contributed by atoms with Gasteiger partial charge in [0, 0.05) is 19.1 Å². The Labute approximate surface area is 101 Å². The number of nitrogens with two attached hydrogens (primary N) is 1. The third-order valence-corrected chi connectivity index (χ3v) is 2.95. The van der Waals surface area contributed by atoms with Gasteiger partial charge in [0.1, 0.15) is 0 Å². The molecule has 0 spiro atoms. The molecule has 2 N–H and O–H groups in total. The minimum Gasteiger partial charge on any atom is -0.336 e. The van der Waals surface area contributed by atoms with Crippen LogP contribution in [0.25, 0.3) is 0 Å². The summed E-state index contributed by atoms with van der Waals surface area (Å²) in [5, 5.41) is 0. The molecule has 2 aliphatic rings. The molecule has 1 saturated carbocycles. The zero-order valence-corrected chi connectivity index (χ0v) is 10.2. The monoisotopic (exact) mass is 247 g/mol. The average Bonchev–Trinajstić information content (AvgIpc) is 3.00.